The SMILES string of the molecule is CC(C)(C)CC(C)(C(=O)OC1(C)CC2CC1C1CCCC21)C(C)(C)C. The quantitative estimate of drug-likeness (QED) is 0.565. The van der Waals surface area contributed by atoms with Crippen molar-refractivity contribution in [2.45, 2.75) is 99.5 Å². The Labute approximate surface area is 155 Å². The summed E-state index contributed by atoms with van der Waals surface area (Å²) in [7, 11) is 0. The summed E-state index contributed by atoms with van der Waals surface area (Å²) in [6.07, 6.45) is 7.41. The maximum Gasteiger partial charge on any atom is 0.312 e. The molecule has 3 aliphatic carbocycles. The van der Waals surface area contributed by atoms with Crippen LogP contribution in [0, 0.1) is 39.9 Å². The van der Waals surface area contributed by atoms with Crippen molar-refractivity contribution in [2.75, 3.05) is 0 Å². The van der Waals surface area contributed by atoms with E-state index in [1.807, 2.05) is 0 Å². The van der Waals surface area contributed by atoms with Crippen LogP contribution < -0.4 is 0 Å². The maximum absolute atomic E-state index is 13.5. The second kappa shape index (κ2) is 5.73. The molecule has 0 saturated heterocycles. The molecule has 25 heavy (non-hydrogen) atoms. The molecule has 3 saturated carbocycles. The maximum atomic E-state index is 13.5. The zero-order valence-electron chi connectivity index (χ0n) is 17.9. The summed E-state index contributed by atoms with van der Waals surface area (Å²) in [5.41, 5.74) is -0.683. The van der Waals surface area contributed by atoms with Gasteiger partial charge in [0, 0.05) is 5.92 Å². The van der Waals surface area contributed by atoms with Crippen molar-refractivity contribution in [1.29, 1.82) is 0 Å². The van der Waals surface area contributed by atoms with Crippen LogP contribution in [0.2, 0.25) is 0 Å². The number of esters is 1. The summed E-state index contributed by atoms with van der Waals surface area (Å²) in [6, 6.07) is 0. The highest BCUT2D eigenvalue weighted by Crippen LogP contribution is 2.64. The number of ether oxygens (including phenoxy) is 1. The molecule has 0 aromatic heterocycles. The van der Waals surface area contributed by atoms with Crippen molar-refractivity contribution in [1.82, 2.24) is 0 Å². The highest BCUT2D eigenvalue weighted by molar-refractivity contribution is 5.78. The predicted molar refractivity (Wildman–Crippen MR) is 103 cm³/mol. The van der Waals surface area contributed by atoms with E-state index in [4.69, 9.17) is 4.74 Å². The second-order valence-electron chi connectivity index (χ2n) is 12.1. The van der Waals surface area contributed by atoms with Crippen LogP contribution in [0.4, 0.5) is 0 Å². The summed E-state index contributed by atoms with van der Waals surface area (Å²) in [6.45, 7) is 17.6. The molecule has 2 nitrogen and oxygen atoms in total. The summed E-state index contributed by atoms with van der Waals surface area (Å²) < 4.78 is 6.44. The minimum atomic E-state index is -0.453. The topological polar surface area (TPSA) is 26.3 Å². The van der Waals surface area contributed by atoms with Gasteiger partial charge >= 0.3 is 5.97 Å². The van der Waals surface area contributed by atoms with Gasteiger partial charge in [-0.25, -0.2) is 0 Å². The Morgan fingerprint density at radius 1 is 1.04 bits per heavy atom. The van der Waals surface area contributed by atoms with Crippen LogP contribution in [-0.2, 0) is 9.53 Å². The van der Waals surface area contributed by atoms with Gasteiger partial charge in [0.2, 0.25) is 0 Å². The molecule has 0 heterocycles. The van der Waals surface area contributed by atoms with Crippen molar-refractivity contribution < 1.29 is 9.53 Å². The molecule has 0 N–H and O–H groups in total. The Bertz CT molecular complexity index is 537. The number of carbonyl (C=O) groups is 1. The molecule has 0 radical (unpaired) electrons. The van der Waals surface area contributed by atoms with Gasteiger partial charge in [-0.1, -0.05) is 48.0 Å². The van der Waals surface area contributed by atoms with Crippen molar-refractivity contribution in [3.05, 3.63) is 0 Å². The van der Waals surface area contributed by atoms with Gasteiger partial charge in [0.05, 0.1) is 5.41 Å². The van der Waals surface area contributed by atoms with E-state index in [9.17, 15) is 4.79 Å². The molecule has 3 aliphatic rings. The molecule has 0 amide bonds. The van der Waals surface area contributed by atoms with Gasteiger partial charge in [-0.05, 0) is 74.5 Å². The molecule has 6 unspecified atom stereocenters. The third kappa shape index (κ3) is 3.16. The second-order valence-corrected chi connectivity index (χ2v) is 12.1. The van der Waals surface area contributed by atoms with Gasteiger partial charge in [0.1, 0.15) is 5.60 Å². The van der Waals surface area contributed by atoms with E-state index in [1.165, 1.54) is 25.7 Å². The standard InChI is InChI=1S/C23H40O2/c1-20(2,3)14-22(7,21(4,5)6)19(24)25-23(8)13-15-12-18(23)17-11-9-10-16(15)17/h15-18H,9-14H2,1-8H3. The lowest BCUT2D eigenvalue weighted by Gasteiger charge is -2.47. The molecule has 6 atom stereocenters. The summed E-state index contributed by atoms with van der Waals surface area (Å²) in [5, 5.41) is 0. The lowest BCUT2D eigenvalue weighted by atomic mass is 9.61. The van der Waals surface area contributed by atoms with E-state index in [2.05, 4.69) is 55.4 Å². The fourth-order valence-electron chi connectivity index (χ4n) is 6.53. The van der Waals surface area contributed by atoms with Crippen molar-refractivity contribution in [3.8, 4) is 0 Å². The van der Waals surface area contributed by atoms with Gasteiger partial charge in [0.25, 0.3) is 0 Å². The summed E-state index contributed by atoms with van der Waals surface area (Å²) in [5.74, 6) is 3.20. The molecule has 0 aliphatic heterocycles. The number of hydrogen-bond donors (Lipinski definition) is 0. The molecule has 2 heteroatoms. The largest absolute Gasteiger partial charge is 0.459 e. The number of fused-ring (bicyclic) bond motifs is 5. The van der Waals surface area contributed by atoms with E-state index in [0.717, 1.165) is 30.6 Å². The molecule has 2 bridgehead atoms. The number of rotatable bonds is 3. The first kappa shape index (κ1) is 19.2. The molecular formula is C23H40O2. The molecule has 3 rings (SSSR count). The lowest BCUT2D eigenvalue weighted by molar-refractivity contribution is -0.187. The average molecular weight is 349 g/mol. The van der Waals surface area contributed by atoms with Gasteiger partial charge < -0.3 is 4.74 Å². The van der Waals surface area contributed by atoms with Gasteiger partial charge in [-0.2, -0.15) is 0 Å². The Balaban J connectivity index is 1.80. The minimum Gasteiger partial charge on any atom is -0.459 e. The molecule has 0 spiro atoms. The van der Waals surface area contributed by atoms with Crippen LogP contribution in [0.1, 0.15) is 93.9 Å². The Morgan fingerprint density at radius 2 is 1.64 bits per heavy atom. The van der Waals surface area contributed by atoms with E-state index in [1.54, 1.807) is 0 Å². The normalized spacial score (nSPS) is 40.0. The highest BCUT2D eigenvalue weighted by atomic mass is 16.6. The third-order valence-corrected chi connectivity index (χ3v) is 8.07. The Morgan fingerprint density at radius 3 is 2.20 bits per heavy atom. The molecule has 3 fully saturated rings. The van der Waals surface area contributed by atoms with Gasteiger partial charge in [-0.3, -0.25) is 4.79 Å². The average Bonchev–Trinajstić information content (AvgIpc) is 3.05. The van der Waals surface area contributed by atoms with Crippen LogP contribution in [0.5, 0.6) is 0 Å². The first-order chi connectivity index (χ1) is 11.3. The Kier molecular flexibility index (Phi) is 4.41. The number of hydrogen-bond acceptors (Lipinski definition) is 2. The van der Waals surface area contributed by atoms with Crippen LogP contribution in [0.3, 0.4) is 0 Å². The first-order valence-electron chi connectivity index (χ1n) is 10.5. The first-order valence-corrected chi connectivity index (χ1v) is 10.5. The fraction of sp³-hybridized carbons (Fsp3) is 0.957. The van der Waals surface area contributed by atoms with Crippen LogP contribution >= 0.6 is 0 Å². The summed E-state index contributed by atoms with van der Waals surface area (Å²) in [4.78, 5) is 13.5. The lowest BCUT2D eigenvalue weighted by Crippen LogP contribution is -2.50. The smallest absolute Gasteiger partial charge is 0.312 e. The number of carbonyl (C=O) groups excluding carboxylic acids is 1. The Hall–Kier alpha value is -0.530. The van der Waals surface area contributed by atoms with Crippen molar-refractivity contribution >= 4 is 5.97 Å². The zero-order valence-corrected chi connectivity index (χ0v) is 17.9. The monoisotopic (exact) mass is 348 g/mol. The van der Waals surface area contributed by atoms with Crippen LogP contribution in [0.15, 0.2) is 0 Å². The van der Waals surface area contributed by atoms with Gasteiger partial charge in [-0.15, -0.1) is 0 Å². The van der Waals surface area contributed by atoms with Crippen molar-refractivity contribution in [3.63, 3.8) is 0 Å². The minimum absolute atomic E-state index is 0.0412. The summed E-state index contributed by atoms with van der Waals surface area (Å²) >= 11 is 0. The zero-order chi connectivity index (χ0) is 18.8. The molecular weight excluding hydrogens is 308 g/mol. The molecule has 0 aromatic rings. The van der Waals surface area contributed by atoms with E-state index < -0.39 is 5.41 Å². The van der Waals surface area contributed by atoms with Crippen molar-refractivity contribution in [2.24, 2.45) is 39.9 Å². The highest BCUT2D eigenvalue weighted by Gasteiger charge is 2.62. The molecule has 144 valence electrons. The third-order valence-electron chi connectivity index (χ3n) is 8.07. The van der Waals surface area contributed by atoms with E-state index >= 15 is 0 Å². The fourth-order valence-corrected chi connectivity index (χ4v) is 6.53. The van der Waals surface area contributed by atoms with E-state index in [0.29, 0.717) is 5.92 Å². The van der Waals surface area contributed by atoms with Crippen LogP contribution in [-0.4, -0.2) is 11.6 Å². The molecule has 0 aromatic carbocycles. The van der Waals surface area contributed by atoms with Crippen LogP contribution in [0.25, 0.3) is 0 Å². The van der Waals surface area contributed by atoms with Gasteiger partial charge in [0.15, 0.2) is 0 Å². The predicted octanol–water partition coefficient (Wildman–Crippen LogP) is 6.23. The van der Waals surface area contributed by atoms with E-state index in [-0.39, 0.29) is 22.4 Å².